The number of nitrogens with two attached hydrogens (primary N) is 1. The van der Waals surface area contributed by atoms with Crippen molar-refractivity contribution in [3.8, 4) is 0 Å². The number of morpholine rings is 1. The molecule has 112 valence electrons. The van der Waals surface area contributed by atoms with Gasteiger partial charge in [-0.3, -0.25) is 9.58 Å². The van der Waals surface area contributed by atoms with Gasteiger partial charge in [0.25, 0.3) is 0 Å². The van der Waals surface area contributed by atoms with E-state index in [-0.39, 0.29) is 6.10 Å². The number of aryl methyl sites for hydroxylation is 2. The molecule has 1 aromatic rings. The van der Waals surface area contributed by atoms with Gasteiger partial charge < -0.3 is 10.5 Å². The van der Waals surface area contributed by atoms with E-state index in [1.54, 1.807) is 0 Å². The SMILES string of the molecule is CCc1nn(CC)c(CN2CCOC(C(N)=S)C2)c1Br. The third-order valence-electron chi connectivity index (χ3n) is 3.54. The number of aromatic nitrogens is 2. The van der Waals surface area contributed by atoms with Crippen LogP contribution in [-0.4, -0.2) is 45.5 Å². The largest absolute Gasteiger partial charge is 0.391 e. The molecule has 1 aliphatic heterocycles. The Hall–Kier alpha value is -0.500. The Kier molecular flexibility index (Phi) is 5.54. The van der Waals surface area contributed by atoms with Crippen molar-refractivity contribution in [2.75, 3.05) is 19.7 Å². The van der Waals surface area contributed by atoms with Crippen molar-refractivity contribution in [3.63, 3.8) is 0 Å². The number of ether oxygens (including phenoxy) is 1. The Bertz CT molecular complexity index is 491. The Balaban J connectivity index is 2.13. The zero-order chi connectivity index (χ0) is 14.7. The summed E-state index contributed by atoms with van der Waals surface area (Å²) in [5.41, 5.74) is 8.02. The summed E-state index contributed by atoms with van der Waals surface area (Å²) in [4.78, 5) is 2.76. The molecule has 0 amide bonds. The van der Waals surface area contributed by atoms with E-state index >= 15 is 0 Å². The molecule has 1 saturated heterocycles. The van der Waals surface area contributed by atoms with Crippen LogP contribution in [-0.2, 0) is 24.2 Å². The van der Waals surface area contributed by atoms with Crippen molar-refractivity contribution in [2.45, 2.75) is 39.5 Å². The molecule has 1 unspecified atom stereocenters. The lowest BCUT2D eigenvalue weighted by molar-refractivity contribution is 0.00290. The highest BCUT2D eigenvalue weighted by Crippen LogP contribution is 2.24. The maximum Gasteiger partial charge on any atom is 0.120 e. The van der Waals surface area contributed by atoms with Gasteiger partial charge in [-0.15, -0.1) is 0 Å². The van der Waals surface area contributed by atoms with Crippen LogP contribution in [0.5, 0.6) is 0 Å². The second-order valence-electron chi connectivity index (χ2n) is 4.87. The van der Waals surface area contributed by atoms with E-state index in [1.807, 2.05) is 0 Å². The molecule has 2 N–H and O–H groups in total. The minimum Gasteiger partial charge on any atom is -0.391 e. The predicted octanol–water partition coefficient (Wildman–Crippen LogP) is 1.71. The maximum atomic E-state index is 5.69. The van der Waals surface area contributed by atoms with E-state index in [2.05, 4.69) is 44.5 Å². The summed E-state index contributed by atoms with van der Waals surface area (Å²) in [7, 11) is 0. The summed E-state index contributed by atoms with van der Waals surface area (Å²) in [6.45, 7) is 8.25. The number of thiocarbonyl (C=S) groups is 1. The molecule has 2 rings (SSSR count). The van der Waals surface area contributed by atoms with Crippen LogP contribution in [0.2, 0.25) is 0 Å². The summed E-state index contributed by atoms with van der Waals surface area (Å²) in [5, 5.41) is 4.63. The monoisotopic (exact) mass is 360 g/mol. The molecule has 20 heavy (non-hydrogen) atoms. The van der Waals surface area contributed by atoms with E-state index in [0.717, 1.165) is 42.8 Å². The van der Waals surface area contributed by atoms with Crippen molar-refractivity contribution >= 4 is 33.1 Å². The molecule has 0 aliphatic carbocycles. The summed E-state index contributed by atoms with van der Waals surface area (Å²) in [6.07, 6.45) is 0.792. The van der Waals surface area contributed by atoms with Crippen LogP contribution in [0, 0.1) is 0 Å². The molecule has 2 heterocycles. The topological polar surface area (TPSA) is 56.3 Å². The Morgan fingerprint density at radius 2 is 2.30 bits per heavy atom. The second kappa shape index (κ2) is 6.98. The van der Waals surface area contributed by atoms with Gasteiger partial charge in [-0.05, 0) is 29.3 Å². The van der Waals surface area contributed by atoms with Crippen LogP contribution < -0.4 is 5.73 Å². The number of hydrogen-bond acceptors (Lipinski definition) is 4. The molecular weight excluding hydrogens is 340 g/mol. The van der Waals surface area contributed by atoms with E-state index in [4.69, 9.17) is 22.7 Å². The highest BCUT2D eigenvalue weighted by molar-refractivity contribution is 9.10. The van der Waals surface area contributed by atoms with Crippen LogP contribution in [0.15, 0.2) is 4.47 Å². The predicted molar refractivity (Wildman–Crippen MR) is 86.8 cm³/mol. The lowest BCUT2D eigenvalue weighted by Crippen LogP contribution is -2.47. The fraction of sp³-hybridized carbons (Fsp3) is 0.692. The van der Waals surface area contributed by atoms with Gasteiger partial charge in [0.1, 0.15) is 11.1 Å². The maximum absolute atomic E-state index is 5.69. The van der Waals surface area contributed by atoms with Crippen LogP contribution in [0.25, 0.3) is 0 Å². The molecule has 0 spiro atoms. The lowest BCUT2D eigenvalue weighted by atomic mass is 10.2. The highest BCUT2D eigenvalue weighted by atomic mass is 79.9. The first-order valence-corrected chi connectivity index (χ1v) is 8.14. The van der Waals surface area contributed by atoms with Crippen molar-refractivity contribution in [1.82, 2.24) is 14.7 Å². The fourth-order valence-electron chi connectivity index (χ4n) is 2.40. The number of halogens is 1. The van der Waals surface area contributed by atoms with Crippen LogP contribution in [0.1, 0.15) is 25.2 Å². The summed E-state index contributed by atoms with van der Waals surface area (Å²) >= 11 is 8.71. The molecular formula is C13H21BrN4OS. The lowest BCUT2D eigenvalue weighted by Gasteiger charge is -2.32. The van der Waals surface area contributed by atoms with Gasteiger partial charge in [0.15, 0.2) is 0 Å². The molecule has 7 heteroatoms. The first-order chi connectivity index (χ1) is 9.56. The average molecular weight is 361 g/mol. The zero-order valence-corrected chi connectivity index (χ0v) is 14.3. The van der Waals surface area contributed by atoms with E-state index in [1.165, 1.54) is 5.69 Å². The molecule has 0 bridgehead atoms. The van der Waals surface area contributed by atoms with Crippen LogP contribution >= 0.6 is 28.1 Å². The first-order valence-electron chi connectivity index (χ1n) is 6.94. The summed E-state index contributed by atoms with van der Waals surface area (Å²) in [5.74, 6) is 0. The standard InChI is InChI=1S/C13H21BrN4OS/c1-3-9-12(14)10(18(4-2)16-9)7-17-5-6-19-11(8-17)13(15)20/h11H,3-8H2,1-2H3,(H2,15,20). The average Bonchev–Trinajstić information content (AvgIpc) is 2.75. The minimum absolute atomic E-state index is 0.138. The Morgan fingerprint density at radius 3 is 2.90 bits per heavy atom. The van der Waals surface area contributed by atoms with Crippen molar-refractivity contribution in [3.05, 3.63) is 15.9 Å². The van der Waals surface area contributed by atoms with Gasteiger partial charge in [0.2, 0.25) is 0 Å². The molecule has 1 aromatic heterocycles. The van der Waals surface area contributed by atoms with Crippen molar-refractivity contribution < 1.29 is 4.74 Å². The molecule has 0 aromatic carbocycles. The molecule has 5 nitrogen and oxygen atoms in total. The second-order valence-corrected chi connectivity index (χ2v) is 6.14. The quantitative estimate of drug-likeness (QED) is 0.810. The van der Waals surface area contributed by atoms with Gasteiger partial charge in [-0.2, -0.15) is 5.10 Å². The highest BCUT2D eigenvalue weighted by Gasteiger charge is 2.24. The van der Waals surface area contributed by atoms with Crippen LogP contribution in [0.4, 0.5) is 0 Å². The van der Waals surface area contributed by atoms with Crippen molar-refractivity contribution in [1.29, 1.82) is 0 Å². The number of nitrogens with zero attached hydrogens (tertiary/aromatic N) is 3. The zero-order valence-electron chi connectivity index (χ0n) is 11.9. The van der Waals surface area contributed by atoms with Gasteiger partial charge in [-0.1, -0.05) is 19.1 Å². The molecule has 1 atom stereocenters. The fourth-order valence-corrected chi connectivity index (χ4v) is 3.23. The van der Waals surface area contributed by atoms with Crippen molar-refractivity contribution in [2.24, 2.45) is 5.73 Å². The smallest absolute Gasteiger partial charge is 0.120 e. The summed E-state index contributed by atoms with van der Waals surface area (Å²) in [6, 6.07) is 0. The van der Waals surface area contributed by atoms with E-state index in [9.17, 15) is 0 Å². The van der Waals surface area contributed by atoms with E-state index < -0.39 is 0 Å². The number of rotatable bonds is 5. The molecule has 1 aliphatic rings. The van der Waals surface area contributed by atoms with Gasteiger partial charge in [-0.25, -0.2) is 0 Å². The Labute approximate surface area is 133 Å². The third-order valence-corrected chi connectivity index (χ3v) is 4.71. The Morgan fingerprint density at radius 1 is 1.55 bits per heavy atom. The molecule has 0 saturated carbocycles. The van der Waals surface area contributed by atoms with Gasteiger partial charge >= 0.3 is 0 Å². The van der Waals surface area contributed by atoms with Gasteiger partial charge in [0.05, 0.1) is 22.5 Å². The third kappa shape index (κ3) is 3.39. The molecule has 0 radical (unpaired) electrons. The number of hydrogen-bond donors (Lipinski definition) is 1. The normalized spacial score (nSPS) is 20.2. The van der Waals surface area contributed by atoms with Gasteiger partial charge in [0, 0.05) is 26.2 Å². The van der Waals surface area contributed by atoms with Crippen LogP contribution in [0.3, 0.4) is 0 Å². The molecule has 1 fully saturated rings. The first kappa shape index (κ1) is 15.9. The minimum atomic E-state index is -0.138. The van der Waals surface area contributed by atoms with E-state index in [0.29, 0.717) is 11.6 Å². The summed E-state index contributed by atoms with van der Waals surface area (Å²) < 4.78 is 8.77.